The summed E-state index contributed by atoms with van der Waals surface area (Å²) in [6.07, 6.45) is 0.206. The lowest BCUT2D eigenvalue weighted by Crippen LogP contribution is -2.12. The van der Waals surface area contributed by atoms with Crippen LogP contribution in [-0.4, -0.2) is 29.8 Å². The Balaban J connectivity index is 2.16. The summed E-state index contributed by atoms with van der Waals surface area (Å²) < 4.78 is 14.6. The molecule has 0 N–H and O–H groups in total. The van der Waals surface area contributed by atoms with E-state index in [9.17, 15) is 9.18 Å². The first kappa shape index (κ1) is 17.3. The number of aromatic nitrogens is 2. The molecule has 2 aromatic carbocycles. The second-order valence-electron chi connectivity index (χ2n) is 6.12. The lowest BCUT2D eigenvalue weighted by Gasteiger charge is -2.16. The minimum Gasteiger partial charge on any atom is -0.362 e. The van der Waals surface area contributed by atoms with Gasteiger partial charge in [-0.3, -0.25) is 4.79 Å². The van der Waals surface area contributed by atoms with E-state index >= 15 is 0 Å². The molecular weight excluding hydrogens is 341 g/mol. The van der Waals surface area contributed by atoms with Crippen molar-refractivity contribution in [3.05, 3.63) is 52.8 Å². The van der Waals surface area contributed by atoms with Gasteiger partial charge < -0.3 is 4.90 Å². The number of benzene rings is 2. The molecule has 0 fully saturated rings. The zero-order chi connectivity index (χ0) is 18.1. The highest BCUT2D eigenvalue weighted by Gasteiger charge is 2.15. The third kappa shape index (κ3) is 3.61. The average molecular weight is 358 g/mol. The van der Waals surface area contributed by atoms with Crippen molar-refractivity contribution in [1.29, 1.82) is 0 Å². The lowest BCUT2D eigenvalue weighted by atomic mass is 10.1. The van der Waals surface area contributed by atoms with Crippen LogP contribution in [0.15, 0.2) is 36.4 Å². The van der Waals surface area contributed by atoms with Crippen LogP contribution in [0.1, 0.15) is 12.5 Å². The van der Waals surface area contributed by atoms with Gasteiger partial charge >= 0.3 is 0 Å². The first-order valence-electron chi connectivity index (χ1n) is 7.78. The Morgan fingerprint density at radius 3 is 2.56 bits per heavy atom. The summed E-state index contributed by atoms with van der Waals surface area (Å²) in [6, 6.07) is 10.0. The maximum absolute atomic E-state index is 14.6. The van der Waals surface area contributed by atoms with E-state index in [1.807, 2.05) is 19.0 Å². The maximum Gasteiger partial charge on any atom is 0.165 e. The zero-order valence-corrected chi connectivity index (χ0v) is 14.9. The van der Waals surface area contributed by atoms with Crippen molar-refractivity contribution in [2.75, 3.05) is 19.0 Å². The fourth-order valence-electron chi connectivity index (χ4n) is 2.68. The minimum atomic E-state index is -0.447. The van der Waals surface area contributed by atoms with Crippen LogP contribution < -0.4 is 4.90 Å². The Hall–Kier alpha value is -2.53. The molecule has 0 atom stereocenters. The molecule has 0 aliphatic heterocycles. The van der Waals surface area contributed by atoms with E-state index in [-0.39, 0.29) is 12.2 Å². The highest BCUT2D eigenvalue weighted by molar-refractivity contribution is 6.31. The molecule has 1 aromatic heterocycles. The Kier molecular flexibility index (Phi) is 4.68. The van der Waals surface area contributed by atoms with Gasteiger partial charge in [0.1, 0.15) is 17.4 Å². The van der Waals surface area contributed by atoms with Gasteiger partial charge in [0, 0.05) is 30.9 Å². The Labute approximate surface area is 150 Å². The van der Waals surface area contributed by atoms with Gasteiger partial charge in [0.25, 0.3) is 0 Å². The predicted molar refractivity (Wildman–Crippen MR) is 98.7 cm³/mol. The number of hydrogen-bond donors (Lipinski definition) is 0. The fraction of sp³-hybridized carbons (Fsp3) is 0.211. The average Bonchev–Trinajstić information content (AvgIpc) is 2.53. The van der Waals surface area contributed by atoms with Gasteiger partial charge in [-0.25, -0.2) is 14.4 Å². The van der Waals surface area contributed by atoms with Gasteiger partial charge in [-0.1, -0.05) is 17.7 Å². The summed E-state index contributed by atoms with van der Waals surface area (Å²) in [6.45, 7) is 1.48. The molecule has 0 radical (unpaired) electrons. The van der Waals surface area contributed by atoms with Crippen molar-refractivity contribution in [3.8, 4) is 11.4 Å². The number of Topliss-reactive ketones (excluding diaryl/α,β-unsaturated/α-hetero) is 1. The van der Waals surface area contributed by atoms with Crippen LogP contribution in [0.25, 0.3) is 22.3 Å². The largest absolute Gasteiger partial charge is 0.362 e. The minimum absolute atomic E-state index is 0.0131. The normalized spacial score (nSPS) is 10.9. The van der Waals surface area contributed by atoms with Crippen molar-refractivity contribution in [2.24, 2.45) is 0 Å². The number of hydrogen-bond acceptors (Lipinski definition) is 4. The molecule has 1 heterocycles. The van der Waals surface area contributed by atoms with Crippen LogP contribution >= 0.6 is 11.6 Å². The topological polar surface area (TPSA) is 46.1 Å². The summed E-state index contributed by atoms with van der Waals surface area (Å²) >= 11 is 6.07. The molecule has 25 heavy (non-hydrogen) atoms. The fourth-order valence-corrected chi connectivity index (χ4v) is 2.86. The number of anilines is 1. The number of rotatable bonds is 4. The number of ketones is 1. The quantitative estimate of drug-likeness (QED) is 0.699. The van der Waals surface area contributed by atoms with Crippen LogP contribution in [-0.2, 0) is 11.2 Å². The summed E-state index contributed by atoms with van der Waals surface area (Å²) in [4.78, 5) is 22.0. The van der Waals surface area contributed by atoms with E-state index in [0.29, 0.717) is 33.3 Å². The molecule has 128 valence electrons. The molecule has 0 saturated carbocycles. The van der Waals surface area contributed by atoms with Crippen LogP contribution in [0.2, 0.25) is 5.02 Å². The third-order valence-electron chi connectivity index (χ3n) is 3.79. The number of carbonyl (C=O) groups excluding carboxylic acids is 1. The highest BCUT2D eigenvalue weighted by atomic mass is 35.5. The molecule has 0 unspecified atom stereocenters. The van der Waals surface area contributed by atoms with E-state index in [4.69, 9.17) is 11.6 Å². The number of nitrogens with zero attached hydrogens (tertiary/aromatic N) is 3. The standard InChI is InChI=1S/C19H17ClFN3O/c1-11(25)8-12-4-6-14(16(21)9-12)18-22-17-7-5-13(20)10-15(17)19(23-18)24(2)3/h4-7,9-10H,8H2,1-3H3. The first-order valence-corrected chi connectivity index (χ1v) is 8.16. The Morgan fingerprint density at radius 2 is 1.92 bits per heavy atom. The van der Waals surface area contributed by atoms with E-state index in [1.165, 1.54) is 13.0 Å². The summed E-state index contributed by atoms with van der Waals surface area (Å²) in [5.41, 5.74) is 1.62. The van der Waals surface area contributed by atoms with E-state index in [1.54, 1.807) is 30.3 Å². The van der Waals surface area contributed by atoms with Gasteiger partial charge in [-0.15, -0.1) is 0 Å². The molecule has 6 heteroatoms. The van der Waals surface area contributed by atoms with Crippen LogP contribution in [0.5, 0.6) is 0 Å². The van der Waals surface area contributed by atoms with Crippen molar-refractivity contribution < 1.29 is 9.18 Å². The van der Waals surface area contributed by atoms with Crippen molar-refractivity contribution in [3.63, 3.8) is 0 Å². The molecule has 4 nitrogen and oxygen atoms in total. The highest BCUT2D eigenvalue weighted by Crippen LogP contribution is 2.30. The van der Waals surface area contributed by atoms with Gasteiger partial charge in [-0.2, -0.15) is 0 Å². The zero-order valence-electron chi connectivity index (χ0n) is 14.2. The monoisotopic (exact) mass is 357 g/mol. The Morgan fingerprint density at radius 1 is 1.16 bits per heavy atom. The van der Waals surface area contributed by atoms with Crippen molar-refractivity contribution in [2.45, 2.75) is 13.3 Å². The predicted octanol–water partition coefficient (Wildman–Crippen LogP) is 4.29. The molecule has 0 aliphatic carbocycles. The van der Waals surface area contributed by atoms with Gasteiger partial charge in [-0.05, 0) is 42.8 Å². The SMILES string of the molecule is CC(=O)Cc1ccc(-c2nc(N(C)C)c3cc(Cl)ccc3n2)c(F)c1. The van der Waals surface area contributed by atoms with E-state index < -0.39 is 5.82 Å². The Bertz CT molecular complexity index is 972. The number of fused-ring (bicyclic) bond motifs is 1. The second kappa shape index (κ2) is 6.76. The molecule has 0 spiro atoms. The van der Waals surface area contributed by atoms with Crippen molar-refractivity contribution in [1.82, 2.24) is 9.97 Å². The molecular formula is C19H17ClFN3O. The summed E-state index contributed by atoms with van der Waals surface area (Å²) in [7, 11) is 3.72. The third-order valence-corrected chi connectivity index (χ3v) is 4.02. The maximum atomic E-state index is 14.6. The second-order valence-corrected chi connectivity index (χ2v) is 6.56. The lowest BCUT2D eigenvalue weighted by molar-refractivity contribution is -0.116. The smallest absolute Gasteiger partial charge is 0.165 e. The van der Waals surface area contributed by atoms with Gasteiger partial charge in [0.15, 0.2) is 5.82 Å². The van der Waals surface area contributed by atoms with Crippen LogP contribution in [0, 0.1) is 5.82 Å². The molecule has 3 rings (SSSR count). The van der Waals surface area contributed by atoms with Crippen LogP contribution in [0.3, 0.4) is 0 Å². The molecule has 3 aromatic rings. The van der Waals surface area contributed by atoms with E-state index in [0.717, 1.165) is 5.39 Å². The molecule has 0 bridgehead atoms. The summed E-state index contributed by atoms with van der Waals surface area (Å²) in [5.74, 6) is 0.498. The number of halogens is 2. The molecule has 0 saturated heterocycles. The summed E-state index contributed by atoms with van der Waals surface area (Å²) in [5, 5.41) is 1.39. The van der Waals surface area contributed by atoms with Gasteiger partial charge in [0.05, 0.1) is 11.1 Å². The van der Waals surface area contributed by atoms with E-state index in [2.05, 4.69) is 9.97 Å². The first-order chi connectivity index (χ1) is 11.8. The number of carbonyl (C=O) groups is 1. The molecule has 0 amide bonds. The van der Waals surface area contributed by atoms with Crippen LogP contribution in [0.4, 0.5) is 10.2 Å². The van der Waals surface area contributed by atoms with Gasteiger partial charge in [0.2, 0.25) is 0 Å². The molecule has 0 aliphatic rings. The van der Waals surface area contributed by atoms with Crippen molar-refractivity contribution >= 4 is 34.1 Å².